The highest BCUT2D eigenvalue weighted by molar-refractivity contribution is 5.92. The van der Waals surface area contributed by atoms with E-state index in [1.165, 1.54) is 16.8 Å². The third kappa shape index (κ3) is 6.57. The van der Waals surface area contributed by atoms with Crippen LogP contribution in [0.25, 0.3) is 0 Å². The van der Waals surface area contributed by atoms with Gasteiger partial charge in [-0.3, -0.25) is 9.59 Å². The Morgan fingerprint density at radius 1 is 1.30 bits per heavy atom. The van der Waals surface area contributed by atoms with Gasteiger partial charge in [-0.2, -0.15) is 5.10 Å². The normalized spacial score (nSPS) is 17.2. The SMILES string of the molecule is CCCn1nc(C(=O)N2CCCC(CN(C(=O)OC(C)(C)C)C(C)C)C2)ccc1=O. The number of aromatic nitrogens is 2. The minimum atomic E-state index is -0.550. The molecule has 1 aliphatic heterocycles. The number of nitrogens with zero attached hydrogens (tertiary/aromatic N) is 4. The van der Waals surface area contributed by atoms with Gasteiger partial charge < -0.3 is 14.5 Å². The van der Waals surface area contributed by atoms with Crippen molar-refractivity contribution in [2.45, 2.75) is 79.0 Å². The van der Waals surface area contributed by atoms with E-state index in [9.17, 15) is 14.4 Å². The first-order valence-corrected chi connectivity index (χ1v) is 10.9. The van der Waals surface area contributed by atoms with Crippen LogP contribution in [0, 0.1) is 5.92 Å². The Morgan fingerprint density at radius 2 is 2.00 bits per heavy atom. The second kappa shape index (κ2) is 10.1. The third-order valence-electron chi connectivity index (χ3n) is 5.03. The van der Waals surface area contributed by atoms with Gasteiger partial charge in [0.25, 0.3) is 11.5 Å². The van der Waals surface area contributed by atoms with Gasteiger partial charge in [0.15, 0.2) is 0 Å². The van der Waals surface area contributed by atoms with E-state index in [-0.39, 0.29) is 35.2 Å². The van der Waals surface area contributed by atoms with Gasteiger partial charge in [0, 0.05) is 38.3 Å². The fraction of sp³-hybridized carbons (Fsp3) is 0.727. The highest BCUT2D eigenvalue weighted by atomic mass is 16.6. The molecule has 2 heterocycles. The topological polar surface area (TPSA) is 84.7 Å². The molecule has 8 nitrogen and oxygen atoms in total. The van der Waals surface area contributed by atoms with Gasteiger partial charge in [-0.1, -0.05) is 6.92 Å². The Kier molecular flexibility index (Phi) is 8.03. The average Bonchev–Trinajstić information content (AvgIpc) is 2.66. The van der Waals surface area contributed by atoms with Gasteiger partial charge in [0.05, 0.1) is 0 Å². The predicted molar refractivity (Wildman–Crippen MR) is 115 cm³/mol. The highest BCUT2D eigenvalue weighted by Crippen LogP contribution is 2.21. The summed E-state index contributed by atoms with van der Waals surface area (Å²) in [5.41, 5.74) is -0.460. The molecule has 8 heteroatoms. The average molecular weight is 421 g/mol. The maximum atomic E-state index is 13.0. The molecule has 0 radical (unpaired) electrons. The van der Waals surface area contributed by atoms with Crippen molar-refractivity contribution < 1.29 is 14.3 Å². The Morgan fingerprint density at radius 3 is 2.60 bits per heavy atom. The van der Waals surface area contributed by atoms with Gasteiger partial charge in [0.1, 0.15) is 11.3 Å². The van der Waals surface area contributed by atoms with Gasteiger partial charge in [-0.05, 0) is 65.9 Å². The van der Waals surface area contributed by atoms with Gasteiger partial charge >= 0.3 is 6.09 Å². The smallest absolute Gasteiger partial charge is 0.410 e. The summed E-state index contributed by atoms with van der Waals surface area (Å²) in [6.07, 6.45) is 2.25. The predicted octanol–water partition coefficient (Wildman–Crippen LogP) is 3.15. The van der Waals surface area contributed by atoms with E-state index < -0.39 is 5.60 Å². The van der Waals surface area contributed by atoms with Gasteiger partial charge in [0.2, 0.25) is 0 Å². The maximum Gasteiger partial charge on any atom is 0.410 e. The van der Waals surface area contributed by atoms with E-state index in [4.69, 9.17) is 4.74 Å². The fourth-order valence-electron chi connectivity index (χ4n) is 3.59. The molecule has 0 N–H and O–H groups in total. The van der Waals surface area contributed by atoms with E-state index in [1.807, 2.05) is 41.5 Å². The zero-order valence-electron chi connectivity index (χ0n) is 19.2. The van der Waals surface area contributed by atoms with Crippen LogP contribution in [0.5, 0.6) is 0 Å². The van der Waals surface area contributed by atoms with Crippen molar-refractivity contribution in [1.82, 2.24) is 19.6 Å². The Balaban J connectivity index is 2.08. The van der Waals surface area contributed by atoms with Crippen LogP contribution < -0.4 is 5.56 Å². The summed E-state index contributed by atoms with van der Waals surface area (Å²) in [5, 5.41) is 4.25. The summed E-state index contributed by atoms with van der Waals surface area (Å²) in [6.45, 7) is 13.7. The molecule has 1 atom stereocenters. The van der Waals surface area contributed by atoms with Crippen LogP contribution in [0.15, 0.2) is 16.9 Å². The van der Waals surface area contributed by atoms with E-state index in [1.54, 1.807) is 9.80 Å². The molecule has 1 unspecified atom stereocenters. The molecule has 0 aromatic carbocycles. The number of hydrogen-bond donors (Lipinski definition) is 0. The lowest BCUT2D eigenvalue weighted by Crippen LogP contribution is -2.48. The molecule has 2 rings (SSSR count). The third-order valence-corrected chi connectivity index (χ3v) is 5.03. The van der Waals surface area contributed by atoms with Crippen molar-refractivity contribution in [3.05, 3.63) is 28.2 Å². The van der Waals surface area contributed by atoms with E-state index in [0.717, 1.165) is 19.3 Å². The molecule has 0 aliphatic carbocycles. The number of piperidine rings is 1. The largest absolute Gasteiger partial charge is 0.444 e. The standard InChI is InChI=1S/C22H36N4O4/c1-7-12-26-19(27)11-10-18(23-26)20(28)24-13-8-9-17(14-24)15-25(16(2)3)21(29)30-22(4,5)6/h10-11,16-17H,7-9,12-15H2,1-6H3. The quantitative estimate of drug-likeness (QED) is 0.706. The number of rotatable bonds is 6. The van der Waals surface area contributed by atoms with E-state index in [0.29, 0.717) is 26.2 Å². The molecule has 1 fully saturated rings. The first-order valence-electron chi connectivity index (χ1n) is 10.9. The summed E-state index contributed by atoms with van der Waals surface area (Å²) in [7, 11) is 0. The van der Waals surface area contributed by atoms with Crippen molar-refractivity contribution in [2.24, 2.45) is 5.92 Å². The van der Waals surface area contributed by atoms with Crippen LogP contribution in [-0.2, 0) is 11.3 Å². The lowest BCUT2D eigenvalue weighted by Gasteiger charge is -2.37. The molecule has 0 saturated carbocycles. The molecule has 1 saturated heterocycles. The summed E-state index contributed by atoms with van der Waals surface area (Å²) < 4.78 is 6.90. The summed E-state index contributed by atoms with van der Waals surface area (Å²) in [5.74, 6) is -0.00270. The van der Waals surface area contributed by atoms with E-state index >= 15 is 0 Å². The fourth-order valence-corrected chi connectivity index (χ4v) is 3.59. The second-order valence-corrected chi connectivity index (χ2v) is 9.27. The van der Waals surface area contributed by atoms with Crippen LogP contribution in [0.4, 0.5) is 4.79 Å². The number of aryl methyl sites for hydroxylation is 1. The number of amides is 2. The molecule has 1 aliphatic rings. The Bertz CT molecular complexity index is 797. The zero-order valence-corrected chi connectivity index (χ0v) is 19.2. The van der Waals surface area contributed by atoms with Crippen molar-refractivity contribution in [2.75, 3.05) is 19.6 Å². The maximum absolute atomic E-state index is 13.0. The lowest BCUT2D eigenvalue weighted by atomic mass is 9.96. The lowest BCUT2D eigenvalue weighted by molar-refractivity contribution is 0.0123. The molecular formula is C22H36N4O4. The zero-order chi connectivity index (χ0) is 22.5. The van der Waals surface area contributed by atoms with Crippen LogP contribution in [0.1, 0.15) is 71.3 Å². The minimum Gasteiger partial charge on any atom is -0.444 e. The minimum absolute atomic E-state index is 0.00481. The van der Waals surface area contributed by atoms with Crippen molar-refractivity contribution in [1.29, 1.82) is 0 Å². The van der Waals surface area contributed by atoms with Gasteiger partial charge in [-0.25, -0.2) is 9.48 Å². The number of carbonyl (C=O) groups excluding carboxylic acids is 2. The first kappa shape index (κ1) is 23.9. The van der Waals surface area contributed by atoms with Crippen LogP contribution in [-0.4, -0.2) is 62.9 Å². The highest BCUT2D eigenvalue weighted by Gasteiger charge is 2.31. The number of hydrogen-bond acceptors (Lipinski definition) is 5. The first-order chi connectivity index (χ1) is 14.0. The molecule has 0 bridgehead atoms. The molecule has 1 aromatic rings. The molecule has 30 heavy (non-hydrogen) atoms. The number of ether oxygens (including phenoxy) is 1. The summed E-state index contributed by atoms with van der Waals surface area (Å²) in [4.78, 5) is 41.0. The molecular weight excluding hydrogens is 384 g/mol. The van der Waals surface area contributed by atoms with Crippen molar-refractivity contribution in [3.8, 4) is 0 Å². The van der Waals surface area contributed by atoms with Gasteiger partial charge in [-0.15, -0.1) is 0 Å². The number of likely N-dealkylation sites (tertiary alicyclic amines) is 1. The number of carbonyl (C=O) groups is 2. The van der Waals surface area contributed by atoms with Crippen molar-refractivity contribution in [3.63, 3.8) is 0 Å². The molecule has 168 valence electrons. The van der Waals surface area contributed by atoms with Crippen molar-refractivity contribution >= 4 is 12.0 Å². The molecule has 0 spiro atoms. The monoisotopic (exact) mass is 420 g/mol. The van der Waals surface area contributed by atoms with Crippen LogP contribution in [0.3, 0.4) is 0 Å². The Hall–Kier alpha value is -2.38. The summed E-state index contributed by atoms with van der Waals surface area (Å²) >= 11 is 0. The summed E-state index contributed by atoms with van der Waals surface area (Å²) in [6, 6.07) is 2.91. The van der Waals surface area contributed by atoms with Crippen LogP contribution in [0.2, 0.25) is 0 Å². The van der Waals surface area contributed by atoms with E-state index in [2.05, 4.69) is 5.10 Å². The Labute approximate surface area is 179 Å². The van der Waals surface area contributed by atoms with Crippen LogP contribution >= 0.6 is 0 Å². The second-order valence-electron chi connectivity index (χ2n) is 9.27. The molecule has 1 aromatic heterocycles. The molecule has 2 amide bonds.